The summed E-state index contributed by atoms with van der Waals surface area (Å²) in [6.45, 7) is 1.92. The lowest BCUT2D eigenvalue weighted by Gasteiger charge is -2.12. The van der Waals surface area contributed by atoms with Crippen molar-refractivity contribution in [3.8, 4) is 0 Å². The molecule has 0 bridgehead atoms. The number of carboxylic acid groups (broad SMARTS) is 1. The summed E-state index contributed by atoms with van der Waals surface area (Å²) in [5.41, 5.74) is -0.00481. The first-order valence-electron chi connectivity index (χ1n) is 5.78. The van der Waals surface area contributed by atoms with E-state index in [4.69, 9.17) is 28.3 Å². The van der Waals surface area contributed by atoms with Crippen molar-refractivity contribution in [3.05, 3.63) is 28.0 Å². The van der Waals surface area contributed by atoms with E-state index in [2.05, 4.69) is 10.3 Å². The zero-order valence-electron chi connectivity index (χ0n) is 10.3. The summed E-state index contributed by atoms with van der Waals surface area (Å²) < 4.78 is 0. The molecule has 0 saturated heterocycles. The number of pyridine rings is 1. The highest BCUT2D eigenvalue weighted by molar-refractivity contribution is 6.34. The number of carbonyl (C=O) groups is 2. The molecular weight excluding hydrogens is 291 g/mol. The molecule has 1 atom stereocenters. The summed E-state index contributed by atoms with van der Waals surface area (Å²) in [4.78, 5) is 26.6. The highest BCUT2D eigenvalue weighted by Gasteiger charge is 2.19. The van der Waals surface area contributed by atoms with Crippen LogP contribution in [0.5, 0.6) is 0 Å². The van der Waals surface area contributed by atoms with Gasteiger partial charge in [-0.05, 0) is 18.6 Å². The molecule has 2 N–H and O–H groups in total. The number of nitrogens with zero attached hydrogens (tertiary/aromatic N) is 1. The van der Waals surface area contributed by atoms with Crippen LogP contribution in [0.15, 0.2) is 12.1 Å². The van der Waals surface area contributed by atoms with Crippen LogP contribution in [0.4, 0.5) is 0 Å². The Morgan fingerprint density at radius 2 is 2.11 bits per heavy atom. The van der Waals surface area contributed by atoms with Crippen molar-refractivity contribution in [2.45, 2.75) is 19.8 Å². The van der Waals surface area contributed by atoms with Crippen LogP contribution >= 0.6 is 23.2 Å². The van der Waals surface area contributed by atoms with Gasteiger partial charge in [0.25, 0.3) is 5.91 Å². The van der Waals surface area contributed by atoms with Gasteiger partial charge in [-0.15, -0.1) is 0 Å². The molecule has 0 fully saturated rings. The Morgan fingerprint density at radius 1 is 1.42 bits per heavy atom. The van der Waals surface area contributed by atoms with E-state index in [1.165, 1.54) is 12.1 Å². The van der Waals surface area contributed by atoms with Crippen molar-refractivity contribution >= 4 is 35.1 Å². The molecule has 0 saturated carbocycles. The van der Waals surface area contributed by atoms with Gasteiger partial charge in [-0.3, -0.25) is 9.59 Å². The zero-order valence-corrected chi connectivity index (χ0v) is 11.8. The molecule has 0 aliphatic rings. The minimum atomic E-state index is -0.938. The minimum absolute atomic E-state index is 0.00481. The minimum Gasteiger partial charge on any atom is -0.481 e. The second kappa shape index (κ2) is 7.31. The summed E-state index contributed by atoms with van der Waals surface area (Å²) in [5, 5.41) is 11.8. The number of carboxylic acids is 1. The number of amides is 1. The van der Waals surface area contributed by atoms with Crippen LogP contribution < -0.4 is 5.32 Å². The van der Waals surface area contributed by atoms with Crippen LogP contribution in [-0.4, -0.2) is 28.5 Å². The predicted octanol–water partition coefficient (Wildman–Crippen LogP) is 2.62. The summed E-state index contributed by atoms with van der Waals surface area (Å²) in [6, 6.07) is 2.93. The number of aliphatic carboxylic acids is 1. The highest BCUT2D eigenvalue weighted by atomic mass is 35.5. The third kappa shape index (κ3) is 4.69. The number of hydrogen-bond acceptors (Lipinski definition) is 3. The number of hydrogen-bond donors (Lipinski definition) is 2. The van der Waals surface area contributed by atoms with Gasteiger partial charge in [0.15, 0.2) is 0 Å². The lowest BCUT2D eigenvalue weighted by atomic mass is 10.0. The maximum Gasteiger partial charge on any atom is 0.308 e. The molecule has 1 aromatic heterocycles. The number of rotatable bonds is 6. The maximum absolute atomic E-state index is 11.8. The van der Waals surface area contributed by atoms with Crippen LogP contribution in [0.25, 0.3) is 0 Å². The molecule has 19 heavy (non-hydrogen) atoms. The van der Waals surface area contributed by atoms with Gasteiger partial charge >= 0.3 is 5.97 Å². The highest BCUT2D eigenvalue weighted by Crippen LogP contribution is 2.16. The second-order valence-electron chi connectivity index (χ2n) is 4.00. The van der Waals surface area contributed by atoms with Crippen LogP contribution in [0.3, 0.4) is 0 Å². The monoisotopic (exact) mass is 304 g/mol. The molecule has 1 unspecified atom stereocenters. The molecule has 0 aliphatic carbocycles. The Morgan fingerprint density at radius 3 is 2.68 bits per heavy atom. The van der Waals surface area contributed by atoms with Crippen molar-refractivity contribution in [2.75, 3.05) is 6.54 Å². The Balaban J connectivity index is 2.69. The molecule has 5 nitrogen and oxygen atoms in total. The first-order valence-corrected chi connectivity index (χ1v) is 6.54. The van der Waals surface area contributed by atoms with E-state index >= 15 is 0 Å². The summed E-state index contributed by atoms with van der Waals surface area (Å²) in [5.74, 6) is -2.09. The standard InChI is InChI=1S/C12H14Cl2N2O3/c1-2-3-7(12(18)19)6-15-11(17)10-8(13)4-5-9(14)16-10/h4-5,7H,2-3,6H2,1H3,(H,15,17)(H,18,19). The zero-order chi connectivity index (χ0) is 14.4. The quantitative estimate of drug-likeness (QED) is 0.792. The molecule has 7 heteroatoms. The van der Waals surface area contributed by atoms with E-state index in [-0.39, 0.29) is 22.4 Å². The third-order valence-corrected chi connectivity index (χ3v) is 3.04. The Hall–Kier alpha value is -1.33. The predicted molar refractivity (Wildman–Crippen MR) is 72.6 cm³/mol. The van der Waals surface area contributed by atoms with Gasteiger partial charge in [0.05, 0.1) is 10.9 Å². The van der Waals surface area contributed by atoms with E-state index < -0.39 is 17.8 Å². The first kappa shape index (κ1) is 15.7. The van der Waals surface area contributed by atoms with Gasteiger partial charge in [0.2, 0.25) is 0 Å². The number of aromatic nitrogens is 1. The number of carbonyl (C=O) groups excluding carboxylic acids is 1. The van der Waals surface area contributed by atoms with Gasteiger partial charge in [0.1, 0.15) is 10.8 Å². The van der Waals surface area contributed by atoms with E-state index in [1.807, 2.05) is 6.92 Å². The molecular formula is C12H14Cl2N2O3. The Bertz CT molecular complexity index is 480. The Labute approximate surface area is 120 Å². The first-order chi connectivity index (χ1) is 8.95. The lowest BCUT2D eigenvalue weighted by Crippen LogP contribution is -2.33. The van der Waals surface area contributed by atoms with Crippen LogP contribution in [0.1, 0.15) is 30.3 Å². The van der Waals surface area contributed by atoms with Crippen LogP contribution in [0, 0.1) is 5.92 Å². The molecule has 0 spiro atoms. The fraction of sp³-hybridized carbons (Fsp3) is 0.417. The van der Waals surface area contributed by atoms with Crippen molar-refractivity contribution in [1.29, 1.82) is 0 Å². The molecule has 0 aliphatic heterocycles. The second-order valence-corrected chi connectivity index (χ2v) is 4.79. The van der Waals surface area contributed by atoms with Crippen molar-refractivity contribution < 1.29 is 14.7 Å². The maximum atomic E-state index is 11.8. The van der Waals surface area contributed by atoms with Gasteiger partial charge in [-0.1, -0.05) is 36.5 Å². The smallest absolute Gasteiger partial charge is 0.308 e. The van der Waals surface area contributed by atoms with Crippen molar-refractivity contribution in [3.63, 3.8) is 0 Å². The van der Waals surface area contributed by atoms with E-state index in [0.717, 1.165) is 6.42 Å². The van der Waals surface area contributed by atoms with E-state index in [9.17, 15) is 9.59 Å². The van der Waals surface area contributed by atoms with Crippen molar-refractivity contribution in [2.24, 2.45) is 5.92 Å². The molecule has 1 heterocycles. The molecule has 0 aromatic carbocycles. The topological polar surface area (TPSA) is 79.3 Å². The normalized spacial score (nSPS) is 11.9. The van der Waals surface area contributed by atoms with Gasteiger partial charge < -0.3 is 10.4 Å². The van der Waals surface area contributed by atoms with Gasteiger partial charge in [-0.2, -0.15) is 0 Å². The molecule has 104 valence electrons. The largest absolute Gasteiger partial charge is 0.481 e. The SMILES string of the molecule is CCCC(CNC(=O)c1nc(Cl)ccc1Cl)C(=O)O. The number of nitrogens with one attached hydrogen (secondary N) is 1. The average Bonchev–Trinajstić information content (AvgIpc) is 2.36. The lowest BCUT2D eigenvalue weighted by molar-refractivity contribution is -0.141. The van der Waals surface area contributed by atoms with Gasteiger partial charge in [0, 0.05) is 6.54 Å². The fourth-order valence-corrected chi connectivity index (χ4v) is 1.88. The number of halogens is 2. The Kier molecular flexibility index (Phi) is 6.05. The fourth-order valence-electron chi connectivity index (χ4n) is 1.54. The third-order valence-electron chi connectivity index (χ3n) is 2.52. The van der Waals surface area contributed by atoms with E-state index in [0.29, 0.717) is 6.42 Å². The molecule has 0 radical (unpaired) electrons. The molecule has 1 aromatic rings. The summed E-state index contributed by atoms with van der Waals surface area (Å²) in [6.07, 6.45) is 1.22. The summed E-state index contributed by atoms with van der Waals surface area (Å²) in [7, 11) is 0. The van der Waals surface area contributed by atoms with Crippen LogP contribution in [0.2, 0.25) is 10.2 Å². The van der Waals surface area contributed by atoms with Crippen molar-refractivity contribution in [1.82, 2.24) is 10.3 Å². The van der Waals surface area contributed by atoms with Crippen LogP contribution in [-0.2, 0) is 4.79 Å². The molecule has 1 rings (SSSR count). The summed E-state index contributed by atoms with van der Waals surface area (Å²) >= 11 is 11.5. The van der Waals surface area contributed by atoms with Gasteiger partial charge in [-0.25, -0.2) is 4.98 Å². The average molecular weight is 305 g/mol. The molecule has 1 amide bonds. The van der Waals surface area contributed by atoms with E-state index in [1.54, 1.807) is 0 Å².